The van der Waals surface area contributed by atoms with Crippen molar-refractivity contribution in [2.75, 3.05) is 38.2 Å². The van der Waals surface area contributed by atoms with E-state index in [2.05, 4.69) is 4.74 Å². The second-order valence-electron chi connectivity index (χ2n) is 5.92. The van der Waals surface area contributed by atoms with Crippen molar-refractivity contribution in [3.05, 3.63) is 30.3 Å². The maximum Gasteiger partial charge on any atom is 0.409 e. The average molecular weight is 377 g/mol. The third-order valence-electron chi connectivity index (χ3n) is 4.36. The van der Waals surface area contributed by atoms with Crippen LogP contribution in [-0.2, 0) is 14.3 Å². The van der Waals surface area contributed by atoms with E-state index in [0.29, 0.717) is 31.9 Å². The molecule has 2 saturated heterocycles. The van der Waals surface area contributed by atoms with Gasteiger partial charge in [0.2, 0.25) is 11.8 Å². The van der Waals surface area contributed by atoms with Crippen LogP contribution in [-0.4, -0.2) is 71.5 Å². The summed E-state index contributed by atoms with van der Waals surface area (Å²) < 4.78 is 4.67. The number of imide groups is 1. The third kappa shape index (κ3) is 3.67. The van der Waals surface area contributed by atoms with Crippen LogP contribution >= 0.6 is 11.8 Å². The fraction of sp³-hybridized carbons (Fsp3) is 0.412. The molecule has 0 spiro atoms. The lowest BCUT2D eigenvalue weighted by Crippen LogP contribution is -2.51. The van der Waals surface area contributed by atoms with Crippen LogP contribution in [0.5, 0.6) is 0 Å². The number of ether oxygens (including phenoxy) is 1. The molecule has 1 atom stereocenters. The number of hydrogen-bond donors (Lipinski definition) is 0. The second kappa shape index (κ2) is 7.77. The lowest BCUT2D eigenvalue weighted by molar-refractivity contribution is -0.134. The predicted molar refractivity (Wildman–Crippen MR) is 95.9 cm³/mol. The number of amides is 4. The van der Waals surface area contributed by atoms with Crippen LogP contribution in [0.25, 0.3) is 0 Å². The highest BCUT2D eigenvalue weighted by molar-refractivity contribution is 8.15. The first-order chi connectivity index (χ1) is 12.5. The monoisotopic (exact) mass is 377 g/mol. The summed E-state index contributed by atoms with van der Waals surface area (Å²) in [4.78, 5) is 53.0. The van der Waals surface area contributed by atoms with Gasteiger partial charge < -0.3 is 14.5 Å². The van der Waals surface area contributed by atoms with Crippen LogP contribution in [0.2, 0.25) is 0 Å². The van der Waals surface area contributed by atoms with E-state index in [4.69, 9.17) is 0 Å². The summed E-state index contributed by atoms with van der Waals surface area (Å²) in [6.45, 7) is 1.55. The van der Waals surface area contributed by atoms with Crippen molar-refractivity contribution in [3.63, 3.8) is 0 Å². The van der Waals surface area contributed by atoms with Crippen molar-refractivity contribution in [2.24, 2.45) is 0 Å². The number of hydrogen-bond acceptors (Lipinski definition) is 6. The van der Waals surface area contributed by atoms with Gasteiger partial charge >= 0.3 is 6.09 Å². The van der Waals surface area contributed by atoms with Gasteiger partial charge in [0, 0.05) is 32.6 Å². The normalized spacial score (nSPS) is 20.5. The topological polar surface area (TPSA) is 87.2 Å². The summed E-state index contributed by atoms with van der Waals surface area (Å²) in [6.07, 6.45) is -0.445. The van der Waals surface area contributed by atoms with Gasteiger partial charge in [-0.05, 0) is 23.9 Å². The Labute approximate surface area is 155 Å². The molecule has 0 aromatic heterocycles. The summed E-state index contributed by atoms with van der Waals surface area (Å²) in [7, 11) is 1.32. The highest BCUT2D eigenvalue weighted by Crippen LogP contribution is 2.33. The van der Waals surface area contributed by atoms with Crippen LogP contribution < -0.4 is 4.90 Å². The van der Waals surface area contributed by atoms with Gasteiger partial charge in [0.1, 0.15) is 5.25 Å². The lowest BCUT2D eigenvalue weighted by Gasteiger charge is -2.34. The molecule has 0 saturated carbocycles. The number of thioether (sulfide) groups is 1. The number of nitrogens with zero attached hydrogens (tertiary/aromatic N) is 3. The average Bonchev–Trinajstić information content (AvgIpc) is 2.95. The van der Waals surface area contributed by atoms with Gasteiger partial charge in [-0.25, -0.2) is 9.69 Å². The summed E-state index contributed by atoms with van der Waals surface area (Å²) in [5, 5.41) is -1.08. The fourth-order valence-corrected chi connectivity index (χ4v) is 3.93. The highest BCUT2D eigenvalue weighted by Gasteiger charge is 2.42. The van der Waals surface area contributed by atoms with Gasteiger partial charge in [-0.3, -0.25) is 14.4 Å². The Kier molecular flexibility index (Phi) is 5.46. The van der Waals surface area contributed by atoms with Gasteiger partial charge in [-0.1, -0.05) is 18.2 Å². The minimum absolute atomic E-state index is 0.0310. The van der Waals surface area contributed by atoms with E-state index in [1.54, 1.807) is 35.2 Å². The zero-order valence-electron chi connectivity index (χ0n) is 14.3. The second-order valence-corrected chi connectivity index (χ2v) is 7.08. The zero-order chi connectivity index (χ0) is 18.7. The molecule has 0 bridgehead atoms. The number of rotatable bonds is 3. The Morgan fingerprint density at radius 1 is 1.08 bits per heavy atom. The molecule has 2 aliphatic rings. The van der Waals surface area contributed by atoms with E-state index in [1.807, 2.05) is 0 Å². The summed E-state index contributed by atoms with van der Waals surface area (Å²) in [6, 6.07) is 8.68. The quantitative estimate of drug-likeness (QED) is 0.794. The number of para-hydroxylation sites is 1. The molecule has 26 heavy (non-hydrogen) atoms. The summed E-state index contributed by atoms with van der Waals surface area (Å²) in [5.74, 6) is -0.559. The predicted octanol–water partition coefficient (Wildman–Crippen LogP) is 1.56. The van der Waals surface area contributed by atoms with Gasteiger partial charge in [0.25, 0.3) is 5.24 Å². The number of carbonyl (C=O) groups is 4. The van der Waals surface area contributed by atoms with Crippen molar-refractivity contribution < 1.29 is 23.9 Å². The summed E-state index contributed by atoms with van der Waals surface area (Å²) in [5.41, 5.74) is 0.511. The Balaban J connectivity index is 1.58. The van der Waals surface area contributed by atoms with Crippen molar-refractivity contribution in [1.29, 1.82) is 0 Å². The molecule has 1 aromatic carbocycles. The molecule has 0 N–H and O–H groups in total. The molecule has 138 valence electrons. The van der Waals surface area contributed by atoms with Gasteiger partial charge in [-0.15, -0.1) is 0 Å². The van der Waals surface area contributed by atoms with E-state index < -0.39 is 11.3 Å². The Morgan fingerprint density at radius 2 is 1.69 bits per heavy atom. The number of carbonyl (C=O) groups excluding carboxylic acids is 4. The highest BCUT2D eigenvalue weighted by atomic mass is 32.2. The minimum atomic E-state index is -0.714. The Bertz CT molecular complexity index is 718. The molecule has 0 aliphatic carbocycles. The molecular weight excluding hydrogens is 358 g/mol. The molecule has 0 unspecified atom stereocenters. The van der Waals surface area contributed by atoms with Crippen LogP contribution in [0.3, 0.4) is 0 Å². The maximum atomic E-state index is 12.6. The first kappa shape index (κ1) is 18.2. The fourth-order valence-electron chi connectivity index (χ4n) is 2.95. The molecule has 3 rings (SSSR count). The SMILES string of the molecule is COC(=O)N1CCN(C(=O)C[C@H]2SC(=O)N(c3ccccc3)C2=O)CC1. The smallest absolute Gasteiger partial charge is 0.409 e. The molecular formula is C17H19N3O5S. The number of methoxy groups -OCH3 is 1. The van der Waals surface area contributed by atoms with E-state index in [9.17, 15) is 19.2 Å². The lowest BCUT2D eigenvalue weighted by atomic mass is 10.2. The van der Waals surface area contributed by atoms with Crippen LogP contribution in [0.4, 0.5) is 15.3 Å². The van der Waals surface area contributed by atoms with E-state index in [1.165, 1.54) is 12.0 Å². The third-order valence-corrected chi connectivity index (χ3v) is 5.40. The van der Waals surface area contributed by atoms with Crippen molar-refractivity contribution in [3.8, 4) is 0 Å². The van der Waals surface area contributed by atoms with Gasteiger partial charge in [0.15, 0.2) is 0 Å². The van der Waals surface area contributed by atoms with Crippen molar-refractivity contribution in [2.45, 2.75) is 11.7 Å². The van der Waals surface area contributed by atoms with Crippen molar-refractivity contribution in [1.82, 2.24) is 9.80 Å². The molecule has 4 amide bonds. The first-order valence-corrected chi connectivity index (χ1v) is 9.09. The van der Waals surface area contributed by atoms with Gasteiger partial charge in [-0.2, -0.15) is 0 Å². The Morgan fingerprint density at radius 3 is 2.31 bits per heavy atom. The molecule has 8 nitrogen and oxygen atoms in total. The molecule has 2 heterocycles. The summed E-state index contributed by atoms with van der Waals surface area (Å²) >= 11 is 0.883. The number of anilines is 1. The standard InChI is InChI=1S/C17H19N3O5S/c1-25-16(23)19-9-7-18(8-10-19)14(21)11-13-15(22)20(17(24)26-13)12-5-3-2-4-6-12/h2-6,13H,7-11H2,1H3/t13-/m1/s1. The van der Waals surface area contributed by atoms with Crippen LogP contribution in [0, 0.1) is 0 Å². The van der Waals surface area contributed by atoms with E-state index >= 15 is 0 Å². The number of benzene rings is 1. The minimum Gasteiger partial charge on any atom is -0.453 e. The molecule has 1 aromatic rings. The number of piperazine rings is 1. The molecule has 9 heteroatoms. The first-order valence-electron chi connectivity index (χ1n) is 8.21. The molecule has 2 aliphatic heterocycles. The molecule has 2 fully saturated rings. The van der Waals surface area contributed by atoms with E-state index in [0.717, 1.165) is 16.7 Å². The van der Waals surface area contributed by atoms with Crippen molar-refractivity contribution >= 4 is 40.6 Å². The maximum absolute atomic E-state index is 12.6. The van der Waals surface area contributed by atoms with Gasteiger partial charge in [0.05, 0.1) is 12.8 Å². The van der Waals surface area contributed by atoms with Crippen LogP contribution in [0.15, 0.2) is 30.3 Å². The Hall–Kier alpha value is -2.55. The molecule has 0 radical (unpaired) electrons. The largest absolute Gasteiger partial charge is 0.453 e. The zero-order valence-corrected chi connectivity index (χ0v) is 15.1. The van der Waals surface area contributed by atoms with E-state index in [-0.39, 0.29) is 23.5 Å². The van der Waals surface area contributed by atoms with Crippen LogP contribution in [0.1, 0.15) is 6.42 Å².